The molecule has 0 spiro atoms. The van der Waals surface area contributed by atoms with Crippen molar-refractivity contribution >= 4 is 174 Å². The van der Waals surface area contributed by atoms with E-state index >= 15 is 0 Å². The Hall–Kier alpha value is -17.2. The second kappa shape index (κ2) is 28.2. The first kappa shape index (κ1) is 69.8. The van der Waals surface area contributed by atoms with Crippen molar-refractivity contribution in [2.45, 2.75) is 0 Å². The van der Waals surface area contributed by atoms with Crippen LogP contribution in [-0.4, -0.2) is 63.5 Å². The molecule has 0 radical (unpaired) electrons. The Balaban J connectivity index is 0.000000102. The number of benzene rings is 15. The third-order valence-corrected chi connectivity index (χ3v) is 23.9. The highest BCUT2D eigenvalue weighted by molar-refractivity contribution is 6.38. The molecule has 578 valence electrons. The molecule has 0 saturated heterocycles. The normalized spacial score (nSPS) is 11.9. The summed E-state index contributed by atoms with van der Waals surface area (Å²) < 4.78 is 26.6. The smallest absolute Gasteiger partial charge is 0.238 e. The monoisotopic (exact) mass is 1590 g/mol. The van der Waals surface area contributed by atoms with Gasteiger partial charge in [0.05, 0.1) is 39.0 Å². The van der Waals surface area contributed by atoms with Gasteiger partial charge in [-0.05, 0) is 89.0 Å². The van der Waals surface area contributed by atoms with Crippen LogP contribution in [0.2, 0.25) is 0 Å². The number of pyridine rings is 3. The van der Waals surface area contributed by atoms with Crippen molar-refractivity contribution in [2.24, 2.45) is 0 Å². The van der Waals surface area contributed by atoms with Gasteiger partial charge in [0, 0.05) is 151 Å². The van der Waals surface area contributed by atoms with Gasteiger partial charge < -0.3 is 13.3 Å². The first-order chi connectivity index (χ1) is 61.6. The summed E-state index contributed by atoms with van der Waals surface area (Å²) in [6.45, 7) is 0. The number of para-hydroxylation sites is 7. The SMILES string of the molecule is c1ccc(-c2cc(-c3ccccc3)nc(-n3c4ccccc4c4c5ccncc5c5c6ccccc6oc5c43)n2)cc1.c1ccc(-c2nc(-c3ccccc3)nc(-n3c4ccccc4c4c5ccncc5c5c6ccccc6oc5c43)n2)cc1.c1ccc(-c2nc(-n3c4ccccc4c4c5ccncc5c5c6ccccc6oc5c43)c3ccccc3n2)cc1. The van der Waals surface area contributed by atoms with Gasteiger partial charge in [0.25, 0.3) is 0 Å². The zero-order chi connectivity index (χ0) is 81.5. The summed E-state index contributed by atoms with van der Waals surface area (Å²) in [6.07, 6.45) is 11.4. The summed E-state index contributed by atoms with van der Waals surface area (Å²) >= 11 is 0. The molecule has 16 nitrogen and oxygen atoms in total. The predicted octanol–water partition coefficient (Wildman–Crippen LogP) is 26.9. The van der Waals surface area contributed by atoms with E-state index in [0.29, 0.717) is 29.4 Å². The van der Waals surface area contributed by atoms with Crippen molar-refractivity contribution < 1.29 is 13.3 Å². The summed E-state index contributed by atoms with van der Waals surface area (Å²) in [4.78, 5) is 49.3. The Labute approximate surface area is 704 Å². The summed E-state index contributed by atoms with van der Waals surface area (Å²) in [5, 5.41) is 20.5. The quantitative estimate of drug-likeness (QED) is 0.140. The van der Waals surface area contributed by atoms with E-state index in [2.05, 4.69) is 205 Å². The molecule has 0 aliphatic carbocycles. The van der Waals surface area contributed by atoms with E-state index in [1.807, 2.05) is 207 Å². The van der Waals surface area contributed by atoms with Crippen molar-refractivity contribution in [3.8, 4) is 74.4 Å². The van der Waals surface area contributed by atoms with Gasteiger partial charge in [-0.1, -0.05) is 273 Å². The van der Waals surface area contributed by atoms with Crippen molar-refractivity contribution in [1.82, 2.24) is 63.5 Å². The van der Waals surface area contributed by atoms with Gasteiger partial charge in [-0.25, -0.2) is 24.9 Å². The minimum Gasteiger partial charge on any atom is -0.454 e. The highest BCUT2D eigenvalue weighted by Crippen LogP contribution is 2.50. The molecule has 16 heteroatoms. The van der Waals surface area contributed by atoms with Crippen LogP contribution < -0.4 is 0 Å². The summed E-state index contributed by atoms with van der Waals surface area (Å²) in [5.74, 6) is 3.85. The molecule has 27 rings (SSSR count). The number of furan rings is 3. The molecule has 124 heavy (non-hydrogen) atoms. The van der Waals surface area contributed by atoms with Crippen molar-refractivity contribution in [1.29, 1.82) is 0 Å². The molecule has 0 aliphatic heterocycles. The Bertz CT molecular complexity index is 8550. The zero-order valence-corrected chi connectivity index (χ0v) is 65.9. The molecule has 0 N–H and O–H groups in total. The van der Waals surface area contributed by atoms with E-state index < -0.39 is 0 Å². The van der Waals surface area contributed by atoms with Crippen molar-refractivity contribution in [3.05, 3.63) is 383 Å². The largest absolute Gasteiger partial charge is 0.454 e. The molecule has 0 fully saturated rings. The molecule has 12 aromatic heterocycles. The van der Waals surface area contributed by atoms with Crippen LogP contribution in [0, 0.1) is 0 Å². The van der Waals surface area contributed by atoms with E-state index in [0.717, 1.165) is 219 Å². The Kier molecular flexibility index (Phi) is 15.9. The van der Waals surface area contributed by atoms with Crippen LogP contribution in [0.5, 0.6) is 0 Å². The van der Waals surface area contributed by atoms with Crippen LogP contribution in [0.1, 0.15) is 0 Å². The van der Waals surface area contributed by atoms with Crippen LogP contribution in [0.25, 0.3) is 249 Å². The molecule has 0 unspecified atom stereocenters. The average Bonchev–Trinajstić information content (AvgIpc) is 1.55. The molecule has 0 atom stereocenters. The minimum atomic E-state index is 0.532. The standard InChI is InChI=1S/C37H22N4O.C36H21N5O.C35H20N4O/c1-3-11-23(12-4-1)29-21-30(24-13-5-2-6-14-24)40-37(39-29)41-31-17-9-7-15-26(31)33-25-19-20-38-22-28(25)34-27-16-8-10-18-32(27)42-36(34)35(33)41;1-3-11-22(12-4-1)34-38-35(23-13-5-2-6-14-23)40-36(39-34)41-28-17-9-7-15-25(28)30-24-19-20-37-21-27(24)31-26-16-8-10-18-29(26)42-33(31)32(30)41;1-2-10-21(11-3-1)34-37-27-15-7-4-12-23(27)35(38-34)39-28-16-8-5-13-24(28)30-22-18-19-36-20-26(22)31-25-14-6-9-17-29(25)40-33(31)32(30)39/h1-22H;1-21H;1-20H. The van der Waals surface area contributed by atoms with Gasteiger partial charge in [0.1, 0.15) is 33.6 Å². The maximum atomic E-state index is 6.70. The van der Waals surface area contributed by atoms with Gasteiger partial charge in [-0.3, -0.25) is 28.7 Å². The highest BCUT2D eigenvalue weighted by atomic mass is 16.3. The van der Waals surface area contributed by atoms with E-state index in [1.165, 1.54) is 0 Å². The minimum absolute atomic E-state index is 0.532. The molecule has 15 aromatic carbocycles. The summed E-state index contributed by atoms with van der Waals surface area (Å²) in [7, 11) is 0. The Morgan fingerprint density at radius 3 is 0.911 bits per heavy atom. The first-order valence-corrected chi connectivity index (χ1v) is 41.1. The van der Waals surface area contributed by atoms with Gasteiger partial charge in [0.15, 0.2) is 34.2 Å². The fourth-order valence-electron chi connectivity index (χ4n) is 18.6. The molecule has 0 saturated carbocycles. The lowest BCUT2D eigenvalue weighted by Gasteiger charge is -2.13. The fourth-order valence-corrected chi connectivity index (χ4v) is 18.6. The van der Waals surface area contributed by atoms with E-state index in [9.17, 15) is 0 Å². The van der Waals surface area contributed by atoms with Crippen molar-refractivity contribution in [2.75, 3.05) is 0 Å². The second-order valence-electron chi connectivity index (χ2n) is 30.8. The number of nitrogens with zero attached hydrogens (tertiary/aromatic N) is 13. The van der Waals surface area contributed by atoms with Crippen LogP contribution in [0.4, 0.5) is 0 Å². The van der Waals surface area contributed by atoms with Crippen LogP contribution in [-0.2, 0) is 0 Å². The molecular weight excluding hydrogens is 1530 g/mol. The third kappa shape index (κ3) is 11.0. The number of fused-ring (bicyclic) bond motifs is 31. The molecule has 27 aromatic rings. The summed E-state index contributed by atoms with van der Waals surface area (Å²) in [6, 6.07) is 117. The number of aromatic nitrogens is 13. The molecular formula is C108H63N13O3. The van der Waals surface area contributed by atoms with E-state index in [-0.39, 0.29) is 0 Å². The lowest BCUT2D eigenvalue weighted by Crippen LogP contribution is -2.06. The highest BCUT2D eigenvalue weighted by Gasteiger charge is 2.30. The van der Waals surface area contributed by atoms with Crippen molar-refractivity contribution in [3.63, 3.8) is 0 Å². The molecule has 12 heterocycles. The van der Waals surface area contributed by atoms with E-state index in [1.54, 1.807) is 0 Å². The zero-order valence-electron chi connectivity index (χ0n) is 65.9. The molecule has 0 amide bonds. The number of hydrogen-bond donors (Lipinski definition) is 0. The molecule has 0 bridgehead atoms. The van der Waals surface area contributed by atoms with Gasteiger partial charge in [-0.2, -0.15) is 9.97 Å². The number of hydrogen-bond acceptors (Lipinski definition) is 13. The molecule has 0 aliphatic rings. The predicted molar refractivity (Wildman–Crippen MR) is 499 cm³/mol. The van der Waals surface area contributed by atoms with E-state index in [4.69, 9.17) is 48.1 Å². The third-order valence-electron chi connectivity index (χ3n) is 23.9. The van der Waals surface area contributed by atoms with Gasteiger partial charge in [-0.15, -0.1) is 0 Å². The summed E-state index contributed by atoms with van der Waals surface area (Å²) in [5.41, 5.74) is 18.4. The average molecular weight is 1590 g/mol. The van der Waals surface area contributed by atoms with Gasteiger partial charge in [0.2, 0.25) is 11.9 Å². The van der Waals surface area contributed by atoms with Crippen LogP contribution >= 0.6 is 0 Å². The number of rotatable bonds is 8. The lowest BCUT2D eigenvalue weighted by atomic mass is 10.0. The topological polar surface area (TPSA) is 183 Å². The fraction of sp³-hybridized carbons (Fsp3) is 0. The van der Waals surface area contributed by atoms with Crippen LogP contribution in [0.15, 0.2) is 396 Å². The Morgan fingerprint density at radius 1 is 0.210 bits per heavy atom. The maximum absolute atomic E-state index is 6.70. The van der Waals surface area contributed by atoms with Gasteiger partial charge >= 0.3 is 0 Å². The Morgan fingerprint density at radius 2 is 0.516 bits per heavy atom. The first-order valence-electron chi connectivity index (χ1n) is 41.1. The van der Waals surface area contributed by atoms with Crippen LogP contribution in [0.3, 0.4) is 0 Å². The lowest BCUT2D eigenvalue weighted by molar-refractivity contribution is 0.670. The maximum Gasteiger partial charge on any atom is 0.238 e. The second-order valence-corrected chi connectivity index (χ2v) is 30.8.